The number of rotatable bonds is 20. The van der Waals surface area contributed by atoms with Crippen molar-refractivity contribution in [3.05, 3.63) is 42.0 Å². The Kier molecular flexibility index (Phi) is 18.3. The topological polar surface area (TPSA) is 241 Å². The molecule has 0 saturated heterocycles. The molecule has 2 atom stereocenters. The highest BCUT2D eigenvalue weighted by Crippen LogP contribution is 2.23. The molecule has 278 valence electrons. The summed E-state index contributed by atoms with van der Waals surface area (Å²) in [7, 11) is 3.38. The molecule has 0 aliphatic carbocycles. The van der Waals surface area contributed by atoms with E-state index in [1.54, 1.807) is 40.1 Å². The minimum atomic E-state index is -2.06. The van der Waals surface area contributed by atoms with E-state index in [4.69, 9.17) is 21.9 Å². The first-order valence-corrected chi connectivity index (χ1v) is 16.3. The van der Waals surface area contributed by atoms with Crippen molar-refractivity contribution in [2.24, 2.45) is 23.1 Å². The first kappa shape index (κ1) is 43.6. The van der Waals surface area contributed by atoms with Crippen LogP contribution in [0.2, 0.25) is 0 Å². The zero-order valence-electron chi connectivity index (χ0n) is 29.1. The summed E-state index contributed by atoms with van der Waals surface area (Å²) in [5.74, 6) is -3.97. The molecular formula is C33H51ClN8O8. The van der Waals surface area contributed by atoms with Crippen molar-refractivity contribution in [3.63, 3.8) is 0 Å². The molecule has 1 aliphatic rings. The lowest BCUT2D eigenvalue weighted by molar-refractivity contribution is -0.142. The van der Waals surface area contributed by atoms with Gasteiger partial charge in [-0.15, -0.1) is 12.4 Å². The van der Waals surface area contributed by atoms with Crippen LogP contribution in [0.15, 0.2) is 36.4 Å². The fourth-order valence-corrected chi connectivity index (χ4v) is 5.13. The molecule has 16 nitrogen and oxygen atoms in total. The molecule has 8 N–H and O–H groups in total. The number of nitrogens with zero attached hydrogens (tertiary/aromatic N) is 3. The molecule has 2 rings (SSSR count). The van der Waals surface area contributed by atoms with Gasteiger partial charge in [0, 0.05) is 50.9 Å². The standard InChI is InChI=1S/C33H50N8O8.ClH/c1-22(2)33(36,26(42)10-6-5-7-19-40-27(43)15-16-28(40)44)30(46)38-29(45)25(9-8-17-34)41(31(35)47)24-13-11-23(12-14-24)21-49-32(48)39(4)20-18-37-3;/h11-16,22,25,37H,5-10,17-21,34,36H2,1-4H3,(H2,35,47)(H,38,45,46);1H/t25-,33+;/m0./s1. The maximum absolute atomic E-state index is 13.6. The number of Topliss-reactive ketones (excluding diaryl/α,β-unsaturated/α-hetero) is 1. The van der Waals surface area contributed by atoms with Crippen LogP contribution in [0, 0.1) is 5.92 Å². The molecule has 0 radical (unpaired) electrons. The van der Waals surface area contributed by atoms with Gasteiger partial charge in [0.05, 0.1) is 0 Å². The number of ether oxygens (including phenoxy) is 1. The Morgan fingerprint density at radius 1 is 0.980 bits per heavy atom. The number of carbonyl (C=O) groups is 7. The number of imide groups is 2. The normalized spacial score (nSPS) is 14.1. The molecule has 1 heterocycles. The van der Waals surface area contributed by atoms with Gasteiger partial charge in [-0.3, -0.25) is 39.1 Å². The zero-order chi connectivity index (χ0) is 36.7. The minimum absolute atomic E-state index is 0. The average Bonchev–Trinajstić information content (AvgIpc) is 3.39. The second kappa shape index (κ2) is 21.0. The highest BCUT2D eigenvalue weighted by atomic mass is 35.5. The Hall–Kier alpha value is -4.38. The molecule has 1 aromatic carbocycles. The number of benzene rings is 1. The van der Waals surface area contributed by atoms with Gasteiger partial charge in [-0.2, -0.15) is 0 Å². The summed E-state index contributed by atoms with van der Waals surface area (Å²) in [6.07, 6.45) is 3.44. The van der Waals surface area contributed by atoms with Crippen molar-refractivity contribution in [3.8, 4) is 0 Å². The van der Waals surface area contributed by atoms with Crippen molar-refractivity contribution in [2.45, 2.75) is 70.6 Å². The molecule has 17 heteroatoms. The zero-order valence-corrected chi connectivity index (χ0v) is 30.0. The smallest absolute Gasteiger partial charge is 0.409 e. The summed E-state index contributed by atoms with van der Waals surface area (Å²) >= 11 is 0. The van der Waals surface area contributed by atoms with Crippen molar-refractivity contribution >= 4 is 59.6 Å². The first-order valence-electron chi connectivity index (χ1n) is 16.3. The van der Waals surface area contributed by atoms with Crippen LogP contribution in [0.1, 0.15) is 57.9 Å². The predicted octanol–water partition coefficient (Wildman–Crippen LogP) is 0.940. The third kappa shape index (κ3) is 11.9. The van der Waals surface area contributed by atoms with Crippen molar-refractivity contribution < 1.29 is 38.3 Å². The van der Waals surface area contributed by atoms with E-state index in [0.29, 0.717) is 44.3 Å². The monoisotopic (exact) mass is 722 g/mol. The first-order chi connectivity index (χ1) is 23.2. The van der Waals surface area contributed by atoms with Crippen LogP contribution >= 0.6 is 12.4 Å². The van der Waals surface area contributed by atoms with Gasteiger partial charge in [0.2, 0.25) is 5.91 Å². The Bertz CT molecular complexity index is 1370. The number of hydrogen-bond acceptors (Lipinski definition) is 11. The summed E-state index contributed by atoms with van der Waals surface area (Å²) in [6, 6.07) is 4.03. The Morgan fingerprint density at radius 2 is 1.60 bits per heavy atom. The van der Waals surface area contributed by atoms with E-state index in [1.807, 2.05) is 0 Å². The molecule has 1 aliphatic heterocycles. The van der Waals surface area contributed by atoms with Crippen LogP contribution in [0.4, 0.5) is 15.3 Å². The number of nitrogens with two attached hydrogens (primary N) is 3. The number of nitrogens with one attached hydrogen (secondary N) is 2. The second-order valence-electron chi connectivity index (χ2n) is 12.1. The number of hydrogen-bond donors (Lipinski definition) is 5. The quantitative estimate of drug-likeness (QED) is 0.0721. The number of anilines is 1. The van der Waals surface area contributed by atoms with Crippen LogP contribution in [-0.2, 0) is 35.3 Å². The average molecular weight is 723 g/mol. The lowest BCUT2D eigenvalue weighted by atomic mass is 9.80. The van der Waals surface area contributed by atoms with Crippen molar-refractivity contribution in [1.29, 1.82) is 0 Å². The number of halogens is 1. The van der Waals surface area contributed by atoms with Crippen LogP contribution in [0.3, 0.4) is 0 Å². The summed E-state index contributed by atoms with van der Waals surface area (Å²) in [6.45, 7) is 4.57. The fraction of sp³-hybridized carbons (Fsp3) is 0.545. The van der Waals surface area contributed by atoms with E-state index in [1.165, 1.54) is 29.2 Å². The Morgan fingerprint density at radius 3 is 2.14 bits per heavy atom. The van der Waals surface area contributed by atoms with E-state index in [0.717, 1.165) is 9.80 Å². The SMILES string of the molecule is CNCCN(C)C(=O)OCc1ccc(N(C(N)=O)[C@@H](CCCN)C(=O)NC(=O)[C@](N)(C(=O)CCCCCN2C(=O)C=CC2=O)C(C)C)cc1.Cl. The van der Waals surface area contributed by atoms with Gasteiger partial charge < -0.3 is 32.2 Å². The third-order valence-corrected chi connectivity index (χ3v) is 8.29. The highest BCUT2D eigenvalue weighted by molar-refractivity contribution is 6.16. The highest BCUT2D eigenvalue weighted by Gasteiger charge is 2.45. The van der Waals surface area contributed by atoms with E-state index in [2.05, 4.69) is 10.6 Å². The molecule has 0 fully saturated rings. The number of carbonyl (C=O) groups excluding carboxylic acids is 7. The van der Waals surface area contributed by atoms with Crippen molar-refractivity contribution in [1.82, 2.24) is 20.4 Å². The van der Waals surface area contributed by atoms with Gasteiger partial charge in [-0.25, -0.2) is 9.59 Å². The molecule has 50 heavy (non-hydrogen) atoms. The summed E-state index contributed by atoms with van der Waals surface area (Å²) in [5, 5.41) is 5.19. The molecule has 0 saturated carbocycles. The summed E-state index contributed by atoms with van der Waals surface area (Å²) in [4.78, 5) is 92.3. The van der Waals surface area contributed by atoms with E-state index >= 15 is 0 Å². The van der Waals surface area contributed by atoms with Gasteiger partial charge in [-0.1, -0.05) is 32.4 Å². The second-order valence-corrected chi connectivity index (χ2v) is 12.1. The number of amides is 7. The Balaban J connectivity index is 0.0000125. The maximum atomic E-state index is 13.6. The third-order valence-electron chi connectivity index (χ3n) is 8.29. The molecule has 0 spiro atoms. The van der Waals surface area contributed by atoms with Crippen LogP contribution < -0.4 is 32.7 Å². The van der Waals surface area contributed by atoms with Crippen LogP contribution in [0.5, 0.6) is 0 Å². The largest absolute Gasteiger partial charge is 0.445 e. The lowest BCUT2D eigenvalue weighted by Gasteiger charge is -2.33. The van der Waals surface area contributed by atoms with E-state index in [-0.39, 0.29) is 62.4 Å². The number of unbranched alkanes of at least 4 members (excludes halogenated alkanes) is 2. The van der Waals surface area contributed by atoms with E-state index < -0.39 is 47.2 Å². The van der Waals surface area contributed by atoms with Gasteiger partial charge >= 0.3 is 12.1 Å². The molecule has 0 unspecified atom stereocenters. The van der Waals surface area contributed by atoms with Gasteiger partial charge in [0.1, 0.15) is 12.6 Å². The molecule has 0 bridgehead atoms. The van der Waals surface area contributed by atoms with Gasteiger partial charge in [0.15, 0.2) is 11.3 Å². The number of likely N-dealkylation sites (N-methyl/N-ethyl adjacent to an activating group) is 2. The fourth-order valence-electron chi connectivity index (χ4n) is 5.13. The van der Waals surface area contributed by atoms with Crippen LogP contribution in [0.25, 0.3) is 0 Å². The Labute approximate surface area is 298 Å². The summed E-state index contributed by atoms with van der Waals surface area (Å²) < 4.78 is 5.32. The molecule has 7 amide bonds. The number of ketones is 1. The van der Waals surface area contributed by atoms with E-state index in [9.17, 15) is 33.6 Å². The lowest BCUT2D eigenvalue weighted by Crippen LogP contribution is -2.65. The summed E-state index contributed by atoms with van der Waals surface area (Å²) in [5.41, 5.74) is 16.6. The van der Waals surface area contributed by atoms with Gasteiger partial charge in [0.25, 0.3) is 17.7 Å². The molecule has 1 aromatic rings. The number of urea groups is 1. The van der Waals surface area contributed by atoms with Gasteiger partial charge in [-0.05, 0) is 62.9 Å². The number of primary amides is 1. The molecular weight excluding hydrogens is 672 g/mol. The predicted molar refractivity (Wildman–Crippen MR) is 189 cm³/mol. The van der Waals surface area contributed by atoms with Crippen LogP contribution in [-0.4, -0.2) is 103 Å². The van der Waals surface area contributed by atoms with Crippen molar-refractivity contribution in [2.75, 3.05) is 45.2 Å². The minimum Gasteiger partial charge on any atom is -0.445 e. The maximum Gasteiger partial charge on any atom is 0.409 e. The molecule has 0 aromatic heterocycles.